The molecule has 1 N–H and O–H groups in total. The molecule has 0 aromatic heterocycles. The molecule has 0 aliphatic rings. The third kappa shape index (κ3) is 6.18. The summed E-state index contributed by atoms with van der Waals surface area (Å²) in [7, 11) is 0. The van der Waals surface area contributed by atoms with E-state index in [1.165, 1.54) is 0 Å². The van der Waals surface area contributed by atoms with Crippen molar-refractivity contribution in [1.29, 1.82) is 0 Å². The zero-order valence-electron chi connectivity index (χ0n) is 14.2. The molecule has 0 bridgehead atoms. The van der Waals surface area contributed by atoms with Crippen LogP contribution in [0, 0.1) is 0 Å². The molecule has 0 heterocycles. The van der Waals surface area contributed by atoms with Crippen molar-refractivity contribution in [2.45, 2.75) is 45.9 Å². The van der Waals surface area contributed by atoms with E-state index in [1.54, 1.807) is 0 Å². The smallest absolute Gasteiger partial charge is 0.124 e. The van der Waals surface area contributed by atoms with E-state index in [4.69, 9.17) is 27.9 Å². The molecule has 0 amide bonds. The minimum atomic E-state index is 0. The van der Waals surface area contributed by atoms with Crippen LogP contribution in [-0.2, 0) is 13.2 Å². The summed E-state index contributed by atoms with van der Waals surface area (Å²) < 4.78 is 5.97. The molecule has 2 rings (SSSR count). The summed E-state index contributed by atoms with van der Waals surface area (Å²) >= 11 is 12.3. The van der Waals surface area contributed by atoms with Crippen LogP contribution >= 0.6 is 35.6 Å². The first-order valence-electron chi connectivity index (χ1n) is 7.81. The molecule has 132 valence electrons. The Bertz CT molecular complexity index is 659. The van der Waals surface area contributed by atoms with E-state index in [2.05, 4.69) is 26.1 Å². The molecule has 5 heteroatoms. The molecule has 2 aromatic rings. The quantitative estimate of drug-likeness (QED) is 0.603. The van der Waals surface area contributed by atoms with E-state index >= 15 is 0 Å². The van der Waals surface area contributed by atoms with Gasteiger partial charge in [-0.1, -0.05) is 48.3 Å². The van der Waals surface area contributed by atoms with Crippen molar-refractivity contribution in [1.82, 2.24) is 5.32 Å². The molecule has 0 radical (unpaired) electrons. The lowest BCUT2D eigenvalue weighted by molar-refractivity contribution is 0.298. The molecule has 0 saturated carbocycles. The third-order valence-electron chi connectivity index (χ3n) is 4.00. The van der Waals surface area contributed by atoms with Crippen molar-refractivity contribution >= 4 is 35.6 Å². The topological polar surface area (TPSA) is 21.3 Å². The number of ether oxygens (including phenoxy) is 1. The van der Waals surface area contributed by atoms with Gasteiger partial charge in [0.1, 0.15) is 12.4 Å². The van der Waals surface area contributed by atoms with Gasteiger partial charge in [-0.25, -0.2) is 0 Å². The van der Waals surface area contributed by atoms with Gasteiger partial charge in [-0.3, -0.25) is 0 Å². The molecule has 0 fully saturated rings. The van der Waals surface area contributed by atoms with Crippen LogP contribution in [-0.4, -0.2) is 5.54 Å². The van der Waals surface area contributed by atoms with Crippen molar-refractivity contribution in [2.24, 2.45) is 0 Å². The first-order valence-corrected chi connectivity index (χ1v) is 8.56. The van der Waals surface area contributed by atoms with Gasteiger partial charge in [0, 0.05) is 33.3 Å². The molecule has 0 atom stereocenters. The zero-order chi connectivity index (χ0) is 16.9. The number of rotatable bonds is 7. The van der Waals surface area contributed by atoms with Crippen LogP contribution in [0.4, 0.5) is 0 Å². The van der Waals surface area contributed by atoms with Gasteiger partial charge < -0.3 is 10.1 Å². The molecular formula is C19H24Cl3NO. The first-order chi connectivity index (χ1) is 10.9. The summed E-state index contributed by atoms with van der Waals surface area (Å²) in [5.74, 6) is 0.828. The minimum absolute atomic E-state index is 0. The molecule has 2 nitrogen and oxygen atoms in total. The Balaban J connectivity index is 0.00000288. The van der Waals surface area contributed by atoms with Crippen molar-refractivity contribution in [3.63, 3.8) is 0 Å². The normalized spacial score (nSPS) is 11.0. The standard InChI is InChI=1S/C19H23Cl2NO.ClH/c1-4-19(2,3)22-12-15-11-16(20)9-10-18(15)23-13-14-7-5-6-8-17(14)21;/h5-11,22H,4,12-13H2,1-3H3;1H. The van der Waals surface area contributed by atoms with E-state index in [0.29, 0.717) is 23.2 Å². The fourth-order valence-corrected chi connectivity index (χ4v) is 2.44. The summed E-state index contributed by atoms with van der Waals surface area (Å²) in [4.78, 5) is 0. The van der Waals surface area contributed by atoms with E-state index in [1.807, 2.05) is 42.5 Å². The molecule has 0 saturated heterocycles. The maximum atomic E-state index is 6.18. The highest BCUT2D eigenvalue weighted by Gasteiger charge is 2.15. The van der Waals surface area contributed by atoms with Gasteiger partial charge in [-0.15, -0.1) is 12.4 Å². The molecule has 0 unspecified atom stereocenters. The van der Waals surface area contributed by atoms with Gasteiger partial charge in [-0.05, 0) is 44.5 Å². The monoisotopic (exact) mass is 387 g/mol. The second kappa shape index (κ2) is 9.53. The van der Waals surface area contributed by atoms with E-state index < -0.39 is 0 Å². The summed E-state index contributed by atoms with van der Waals surface area (Å²) in [5.41, 5.74) is 2.09. The maximum Gasteiger partial charge on any atom is 0.124 e. The Morgan fingerprint density at radius 1 is 1.04 bits per heavy atom. The van der Waals surface area contributed by atoms with Crippen molar-refractivity contribution in [2.75, 3.05) is 0 Å². The van der Waals surface area contributed by atoms with Gasteiger partial charge in [0.2, 0.25) is 0 Å². The summed E-state index contributed by atoms with van der Waals surface area (Å²) in [5, 5.41) is 4.96. The average molecular weight is 389 g/mol. The fraction of sp³-hybridized carbons (Fsp3) is 0.368. The largest absolute Gasteiger partial charge is 0.489 e. The van der Waals surface area contributed by atoms with Crippen LogP contribution in [0.5, 0.6) is 5.75 Å². The Hall–Kier alpha value is -0.930. The van der Waals surface area contributed by atoms with E-state index in [9.17, 15) is 0 Å². The second-order valence-corrected chi connectivity index (χ2v) is 7.07. The first kappa shape index (κ1) is 21.1. The van der Waals surface area contributed by atoms with Crippen molar-refractivity contribution in [3.8, 4) is 5.75 Å². The average Bonchev–Trinajstić information content (AvgIpc) is 2.53. The Morgan fingerprint density at radius 2 is 1.75 bits per heavy atom. The minimum Gasteiger partial charge on any atom is -0.489 e. The van der Waals surface area contributed by atoms with Crippen LogP contribution < -0.4 is 10.1 Å². The van der Waals surface area contributed by atoms with Gasteiger partial charge in [0.05, 0.1) is 0 Å². The lowest BCUT2D eigenvalue weighted by atomic mass is 10.0. The second-order valence-electron chi connectivity index (χ2n) is 6.22. The molecular weight excluding hydrogens is 365 g/mol. The van der Waals surface area contributed by atoms with Crippen LogP contribution in [0.2, 0.25) is 10.0 Å². The predicted octanol–water partition coefficient (Wildman–Crippen LogP) is 6.27. The summed E-state index contributed by atoms with van der Waals surface area (Å²) in [6, 6.07) is 13.4. The Morgan fingerprint density at radius 3 is 2.42 bits per heavy atom. The number of hydrogen-bond donors (Lipinski definition) is 1. The summed E-state index contributed by atoms with van der Waals surface area (Å²) in [6.07, 6.45) is 1.05. The van der Waals surface area contributed by atoms with E-state index in [0.717, 1.165) is 23.3 Å². The highest BCUT2D eigenvalue weighted by Crippen LogP contribution is 2.26. The van der Waals surface area contributed by atoms with Gasteiger partial charge in [-0.2, -0.15) is 0 Å². The van der Waals surface area contributed by atoms with Gasteiger partial charge in [0.25, 0.3) is 0 Å². The van der Waals surface area contributed by atoms with Gasteiger partial charge in [0.15, 0.2) is 0 Å². The number of nitrogens with one attached hydrogen (secondary N) is 1. The highest BCUT2D eigenvalue weighted by atomic mass is 35.5. The van der Waals surface area contributed by atoms with Crippen LogP contribution in [0.25, 0.3) is 0 Å². The lowest BCUT2D eigenvalue weighted by Crippen LogP contribution is -2.37. The third-order valence-corrected chi connectivity index (χ3v) is 4.61. The Labute approximate surface area is 160 Å². The predicted molar refractivity (Wildman–Crippen MR) is 106 cm³/mol. The Kier molecular flexibility index (Phi) is 8.38. The van der Waals surface area contributed by atoms with Crippen LogP contribution in [0.3, 0.4) is 0 Å². The van der Waals surface area contributed by atoms with Gasteiger partial charge >= 0.3 is 0 Å². The van der Waals surface area contributed by atoms with Crippen molar-refractivity contribution in [3.05, 3.63) is 63.6 Å². The van der Waals surface area contributed by atoms with E-state index in [-0.39, 0.29) is 17.9 Å². The van der Waals surface area contributed by atoms with Crippen LogP contribution in [0.15, 0.2) is 42.5 Å². The number of benzene rings is 2. The molecule has 0 spiro atoms. The molecule has 2 aromatic carbocycles. The fourth-order valence-electron chi connectivity index (χ4n) is 2.06. The summed E-state index contributed by atoms with van der Waals surface area (Å²) in [6.45, 7) is 7.67. The van der Waals surface area contributed by atoms with Crippen LogP contribution in [0.1, 0.15) is 38.3 Å². The number of halogens is 3. The SMILES string of the molecule is CCC(C)(C)NCc1cc(Cl)ccc1OCc1ccccc1Cl.Cl. The van der Waals surface area contributed by atoms with Crippen molar-refractivity contribution < 1.29 is 4.74 Å². The zero-order valence-corrected chi connectivity index (χ0v) is 16.6. The highest BCUT2D eigenvalue weighted by molar-refractivity contribution is 6.31. The number of hydrogen-bond acceptors (Lipinski definition) is 2. The molecule has 0 aliphatic carbocycles. The molecule has 24 heavy (non-hydrogen) atoms. The molecule has 0 aliphatic heterocycles. The maximum absolute atomic E-state index is 6.18. The lowest BCUT2D eigenvalue weighted by Gasteiger charge is -2.25.